The highest BCUT2D eigenvalue weighted by Crippen LogP contribution is 2.31. The monoisotopic (exact) mass is 329 g/mol. The van der Waals surface area contributed by atoms with Crippen molar-refractivity contribution in [2.45, 2.75) is 19.1 Å². The predicted molar refractivity (Wildman–Crippen MR) is 86.0 cm³/mol. The van der Waals surface area contributed by atoms with Crippen LogP contribution in [-0.4, -0.2) is 53.2 Å². The average molecular weight is 329 g/mol. The number of oxazole rings is 1. The van der Waals surface area contributed by atoms with Crippen molar-refractivity contribution in [3.63, 3.8) is 0 Å². The molecule has 0 radical (unpaired) electrons. The van der Waals surface area contributed by atoms with E-state index >= 15 is 0 Å². The number of nitrogens with zero attached hydrogens (tertiary/aromatic N) is 3. The summed E-state index contributed by atoms with van der Waals surface area (Å²) in [6.07, 6.45) is 1.88. The van der Waals surface area contributed by atoms with Gasteiger partial charge in [0.05, 0.1) is 24.9 Å². The molecular weight excluding hydrogens is 310 g/mol. The second-order valence-electron chi connectivity index (χ2n) is 6.08. The number of carbonyl (C=O) groups is 1. The minimum absolute atomic E-state index is 0.192. The number of hydrogen-bond acceptors (Lipinski definition) is 6. The van der Waals surface area contributed by atoms with Crippen LogP contribution in [0, 0.1) is 0 Å². The summed E-state index contributed by atoms with van der Waals surface area (Å²) in [4.78, 5) is 20.8. The number of β-amino-alcohol motifs (C(OH)–C–C–N with tert-alkyl or cyclic N) is 1. The first-order valence-corrected chi connectivity index (χ1v) is 8.09. The van der Waals surface area contributed by atoms with Crippen molar-refractivity contribution in [1.29, 1.82) is 0 Å². The Morgan fingerprint density at radius 1 is 1.33 bits per heavy atom. The first-order valence-electron chi connectivity index (χ1n) is 8.09. The number of fused-ring (bicyclic) bond motifs is 1. The van der Waals surface area contributed by atoms with Crippen molar-refractivity contribution in [3.05, 3.63) is 42.1 Å². The number of benzene rings is 1. The third-order valence-corrected chi connectivity index (χ3v) is 4.35. The summed E-state index contributed by atoms with van der Waals surface area (Å²) in [5, 5.41) is 9.57. The van der Waals surface area contributed by atoms with Crippen LogP contribution in [0.3, 0.4) is 0 Å². The zero-order valence-corrected chi connectivity index (χ0v) is 13.2. The number of likely N-dealkylation sites (tertiary alicyclic amines) is 1. The largest absolute Gasteiger partial charge is 0.490 e. The minimum Gasteiger partial charge on any atom is -0.490 e. The van der Waals surface area contributed by atoms with Crippen molar-refractivity contribution < 1.29 is 19.1 Å². The van der Waals surface area contributed by atoms with Crippen LogP contribution in [-0.2, 0) is 6.54 Å². The molecule has 2 aliphatic rings. The van der Waals surface area contributed by atoms with Gasteiger partial charge in [-0.2, -0.15) is 0 Å². The van der Waals surface area contributed by atoms with Gasteiger partial charge in [-0.05, 0) is 18.6 Å². The van der Waals surface area contributed by atoms with Gasteiger partial charge in [0.25, 0.3) is 5.91 Å². The second kappa shape index (κ2) is 6.26. The minimum atomic E-state index is -0.286. The Labute approximate surface area is 139 Å². The maximum Gasteiger partial charge on any atom is 0.280 e. The number of ether oxygens (including phenoxy) is 1. The Morgan fingerprint density at radius 3 is 3.04 bits per heavy atom. The molecule has 4 rings (SSSR count). The number of aliphatic hydroxyl groups is 1. The van der Waals surface area contributed by atoms with Gasteiger partial charge in [0.1, 0.15) is 18.6 Å². The molecule has 2 aliphatic heterocycles. The van der Waals surface area contributed by atoms with Gasteiger partial charge in [-0.1, -0.05) is 12.1 Å². The lowest BCUT2D eigenvalue weighted by atomic mass is 10.2. The van der Waals surface area contributed by atoms with E-state index in [2.05, 4.69) is 9.88 Å². The molecule has 0 spiro atoms. The first-order chi connectivity index (χ1) is 11.7. The van der Waals surface area contributed by atoms with E-state index in [0.29, 0.717) is 43.6 Å². The lowest BCUT2D eigenvalue weighted by Crippen LogP contribution is -2.38. The zero-order chi connectivity index (χ0) is 16.5. The van der Waals surface area contributed by atoms with E-state index in [1.807, 2.05) is 24.3 Å². The summed E-state index contributed by atoms with van der Waals surface area (Å²) in [5.41, 5.74) is 1.04. The third kappa shape index (κ3) is 2.88. The van der Waals surface area contributed by atoms with Crippen LogP contribution in [0.15, 0.2) is 34.9 Å². The predicted octanol–water partition coefficient (Wildman–Crippen LogP) is 1.28. The molecule has 1 N–H and O–H groups in total. The molecule has 0 bridgehead atoms. The van der Waals surface area contributed by atoms with Crippen molar-refractivity contribution in [3.8, 4) is 5.75 Å². The average Bonchev–Trinajstić information content (AvgIpc) is 3.23. The maximum absolute atomic E-state index is 12.8. The van der Waals surface area contributed by atoms with Crippen LogP contribution in [0.25, 0.3) is 0 Å². The van der Waals surface area contributed by atoms with E-state index in [0.717, 1.165) is 18.7 Å². The molecule has 3 heterocycles. The summed E-state index contributed by atoms with van der Waals surface area (Å²) in [6, 6.07) is 7.47. The summed E-state index contributed by atoms with van der Waals surface area (Å²) < 4.78 is 11.0. The molecule has 0 aliphatic carbocycles. The molecular formula is C17H19N3O4. The van der Waals surface area contributed by atoms with E-state index in [1.165, 1.54) is 6.26 Å². The van der Waals surface area contributed by atoms with Gasteiger partial charge in [0, 0.05) is 13.1 Å². The van der Waals surface area contributed by atoms with Crippen molar-refractivity contribution >= 4 is 11.6 Å². The molecule has 1 amide bonds. The summed E-state index contributed by atoms with van der Waals surface area (Å²) in [7, 11) is 0. The lowest BCUT2D eigenvalue weighted by molar-refractivity contribution is 0.0971. The Kier molecular flexibility index (Phi) is 3.95. The molecule has 1 aromatic carbocycles. The highest BCUT2D eigenvalue weighted by atomic mass is 16.5. The van der Waals surface area contributed by atoms with Crippen LogP contribution in [0.1, 0.15) is 22.8 Å². The quantitative estimate of drug-likeness (QED) is 0.914. The molecule has 2 aromatic rings. The molecule has 7 nitrogen and oxygen atoms in total. The topological polar surface area (TPSA) is 79.0 Å². The second-order valence-corrected chi connectivity index (χ2v) is 6.08. The molecule has 1 saturated heterocycles. The molecule has 7 heteroatoms. The van der Waals surface area contributed by atoms with Crippen LogP contribution in [0.5, 0.6) is 5.75 Å². The Balaban J connectivity index is 1.50. The van der Waals surface area contributed by atoms with Gasteiger partial charge < -0.3 is 14.3 Å². The van der Waals surface area contributed by atoms with Gasteiger partial charge in [0.15, 0.2) is 5.69 Å². The SMILES string of the molecule is O=C(c1coc(CN2CC[C@H](O)C2)n1)N1CCOc2ccccc21. The number of aliphatic hydroxyl groups excluding tert-OH is 1. The van der Waals surface area contributed by atoms with Gasteiger partial charge in [0.2, 0.25) is 5.89 Å². The number of rotatable bonds is 3. The Bertz CT molecular complexity index is 745. The van der Waals surface area contributed by atoms with Gasteiger partial charge in [-0.25, -0.2) is 4.98 Å². The summed E-state index contributed by atoms with van der Waals surface area (Å²) in [6.45, 7) is 2.87. The van der Waals surface area contributed by atoms with Gasteiger partial charge >= 0.3 is 0 Å². The van der Waals surface area contributed by atoms with E-state index in [9.17, 15) is 9.90 Å². The highest BCUT2D eigenvalue weighted by molar-refractivity contribution is 6.05. The number of aromatic nitrogens is 1. The first kappa shape index (κ1) is 15.2. The lowest BCUT2D eigenvalue weighted by Gasteiger charge is -2.28. The van der Waals surface area contributed by atoms with E-state index in [4.69, 9.17) is 9.15 Å². The third-order valence-electron chi connectivity index (χ3n) is 4.35. The number of carbonyl (C=O) groups excluding carboxylic acids is 1. The van der Waals surface area contributed by atoms with Crippen LogP contribution < -0.4 is 9.64 Å². The van der Waals surface area contributed by atoms with Crippen molar-refractivity contribution in [2.24, 2.45) is 0 Å². The summed E-state index contributed by atoms with van der Waals surface area (Å²) in [5.74, 6) is 1.00. The molecule has 1 fully saturated rings. The smallest absolute Gasteiger partial charge is 0.280 e. The van der Waals surface area contributed by atoms with E-state index in [-0.39, 0.29) is 12.0 Å². The number of anilines is 1. The van der Waals surface area contributed by atoms with E-state index < -0.39 is 0 Å². The summed E-state index contributed by atoms with van der Waals surface area (Å²) >= 11 is 0. The van der Waals surface area contributed by atoms with Gasteiger partial charge in [-0.15, -0.1) is 0 Å². The molecule has 1 aromatic heterocycles. The molecule has 24 heavy (non-hydrogen) atoms. The Hall–Kier alpha value is -2.38. The Morgan fingerprint density at radius 2 is 2.21 bits per heavy atom. The van der Waals surface area contributed by atoms with Crippen LogP contribution in [0.4, 0.5) is 5.69 Å². The fourth-order valence-electron chi connectivity index (χ4n) is 3.15. The van der Waals surface area contributed by atoms with E-state index in [1.54, 1.807) is 4.90 Å². The molecule has 0 unspecified atom stereocenters. The van der Waals surface area contributed by atoms with Gasteiger partial charge in [-0.3, -0.25) is 14.6 Å². The number of para-hydroxylation sites is 2. The molecule has 126 valence electrons. The highest BCUT2D eigenvalue weighted by Gasteiger charge is 2.27. The van der Waals surface area contributed by atoms with Crippen LogP contribution >= 0.6 is 0 Å². The standard InChI is InChI=1S/C17H19N3O4/c21-12-5-6-19(9-12)10-16-18-13(11-24-16)17(22)20-7-8-23-15-4-2-1-3-14(15)20/h1-4,11-12,21H,5-10H2/t12-/m0/s1. The number of amides is 1. The normalized spacial score (nSPS) is 20.7. The van der Waals surface area contributed by atoms with Crippen molar-refractivity contribution in [2.75, 3.05) is 31.1 Å². The number of hydrogen-bond donors (Lipinski definition) is 1. The maximum atomic E-state index is 12.8. The zero-order valence-electron chi connectivity index (χ0n) is 13.2. The molecule has 0 saturated carbocycles. The van der Waals surface area contributed by atoms with Crippen molar-refractivity contribution in [1.82, 2.24) is 9.88 Å². The van der Waals surface area contributed by atoms with Crippen LogP contribution in [0.2, 0.25) is 0 Å². The molecule has 1 atom stereocenters. The fraction of sp³-hybridized carbons (Fsp3) is 0.412. The fourth-order valence-corrected chi connectivity index (χ4v) is 3.15.